The number of hydrogen-bond acceptors (Lipinski definition) is 6. The molecule has 0 atom stereocenters. The van der Waals surface area contributed by atoms with Gasteiger partial charge in [-0.25, -0.2) is 0 Å². The highest BCUT2D eigenvalue weighted by molar-refractivity contribution is 7.12. The number of halogens is 2. The lowest BCUT2D eigenvalue weighted by Gasteiger charge is -2.17. The Morgan fingerprint density at radius 1 is 1.30 bits per heavy atom. The summed E-state index contributed by atoms with van der Waals surface area (Å²) >= 11 is 7.59. The van der Waals surface area contributed by atoms with Gasteiger partial charge in [0.05, 0.1) is 21.1 Å². The van der Waals surface area contributed by atoms with Crippen molar-refractivity contribution in [1.29, 1.82) is 0 Å². The van der Waals surface area contributed by atoms with Crippen LogP contribution in [0, 0.1) is 0 Å². The molecule has 0 radical (unpaired) electrons. The molecular formula is C18H18Cl2N4O2S. The van der Waals surface area contributed by atoms with E-state index < -0.39 is 5.54 Å². The molecule has 0 spiro atoms. The van der Waals surface area contributed by atoms with Crippen LogP contribution in [0.4, 0.5) is 5.69 Å². The second-order valence-corrected chi connectivity index (χ2v) is 7.77. The molecule has 2 aromatic heterocycles. The summed E-state index contributed by atoms with van der Waals surface area (Å²) in [5.41, 5.74) is 7.04. The highest BCUT2D eigenvalue weighted by atomic mass is 35.5. The van der Waals surface area contributed by atoms with Gasteiger partial charge in [0.25, 0.3) is 11.8 Å². The molecule has 27 heavy (non-hydrogen) atoms. The van der Waals surface area contributed by atoms with Crippen molar-refractivity contribution in [1.82, 2.24) is 10.1 Å². The number of nitrogens with one attached hydrogen (secondary N) is 1. The Balaban J connectivity index is 0.00000210. The van der Waals surface area contributed by atoms with Crippen LogP contribution in [0.5, 0.6) is 0 Å². The van der Waals surface area contributed by atoms with E-state index in [1.54, 1.807) is 24.3 Å². The predicted octanol–water partition coefficient (Wildman–Crippen LogP) is 4.85. The molecule has 1 aliphatic carbocycles. The molecule has 1 amide bonds. The van der Waals surface area contributed by atoms with Crippen LogP contribution in [0.25, 0.3) is 11.5 Å². The Kier molecular flexibility index (Phi) is 5.86. The number of nitrogens with zero attached hydrogens (tertiary/aromatic N) is 2. The number of anilines is 1. The van der Waals surface area contributed by atoms with Crippen molar-refractivity contribution in [2.45, 2.75) is 31.2 Å². The Morgan fingerprint density at radius 3 is 2.78 bits per heavy atom. The number of benzene rings is 1. The topological polar surface area (TPSA) is 94.0 Å². The van der Waals surface area contributed by atoms with Crippen LogP contribution in [0.15, 0.2) is 40.2 Å². The molecule has 3 aromatic rings. The molecule has 6 nitrogen and oxygen atoms in total. The van der Waals surface area contributed by atoms with Crippen molar-refractivity contribution in [2.24, 2.45) is 5.73 Å². The monoisotopic (exact) mass is 424 g/mol. The highest BCUT2D eigenvalue weighted by Crippen LogP contribution is 2.36. The normalized spacial score (nSPS) is 15.3. The fraction of sp³-hybridized carbons (Fsp3) is 0.278. The van der Waals surface area contributed by atoms with Crippen LogP contribution in [0.3, 0.4) is 0 Å². The second-order valence-electron chi connectivity index (χ2n) is 6.41. The third kappa shape index (κ3) is 4.01. The number of hydrogen-bond donors (Lipinski definition) is 2. The number of thiophene rings is 1. The summed E-state index contributed by atoms with van der Waals surface area (Å²) < 4.78 is 5.41. The standard InChI is InChI=1S/C18H17ClN4O2S.ClH/c19-12-6-5-11(10-13(12)21-15(24)14-4-3-9-26-14)16-22-17(23-25-16)18(20)7-1-2-8-18;/h3-6,9-10H,1-2,7-8,20H2,(H,21,24);1H. The molecule has 1 aromatic carbocycles. The number of nitrogens with two attached hydrogens (primary N) is 1. The average molecular weight is 425 g/mol. The maximum absolute atomic E-state index is 12.3. The molecule has 3 N–H and O–H groups in total. The molecule has 1 fully saturated rings. The zero-order valence-electron chi connectivity index (χ0n) is 14.3. The molecule has 142 valence electrons. The molecule has 9 heteroatoms. The summed E-state index contributed by atoms with van der Waals surface area (Å²) in [6, 6.07) is 8.77. The van der Waals surface area contributed by atoms with Gasteiger partial charge in [0.2, 0.25) is 0 Å². The highest BCUT2D eigenvalue weighted by Gasteiger charge is 2.36. The van der Waals surface area contributed by atoms with E-state index in [1.165, 1.54) is 11.3 Å². The van der Waals surface area contributed by atoms with E-state index >= 15 is 0 Å². The van der Waals surface area contributed by atoms with Crippen LogP contribution >= 0.6 is 35.3 Å². The third-order valence-electron chi connectivity index (χ3n) is 4.57. The first-order chi connectivity index (χ1) is 12.5. The maximum atomic E-state index is 12.3. The molecule has 0 bridgehead atoms. The van der Waals surface area contributed by atoms with Crippen LogP contribution in [0.2, 0.25) is 5.02 Å². The van der Waals surface area contributed by atoms with E-state index in [0.29, 0.717) is 32.9 Å². The van der Waals surface area contributed by atoms with E-state index in [-0.39, 0.29) is 18.3 Å². The number of amides is 1. The van der Waals surface area contributed by atoms with E-state index in [4.69, 9.17) is 21.9 Å². The van der Waals surface area contributed by atoms with Gasteiger partial charge < -0.3 is 15.6 Å². The Hall–Kier alpha value is -1.93. The Bertz CT molecular complexity index is 937. The summed E-state index contributed by atoms with van der Waals surface area (Å²) in [6.45, 7) is 0. The van der Waals surface area contributed by atoms with Gasteiger partial charge in [0.15, 0.2) is 5.82 Å². The minimum atomic E-state index is -0.510. The van der Waals surface area contributed by atoms with Crippen molar-refractivity contribution in [2.75, 3.05) is 5.32 Å². The zero-order valence-corrected chi connectivity index (χ0v) is 16.7. The van der Waals surface area contributed by atoms with Crippen LogP contribution in [0.1, 0.15) is 41.2 Å². The quantitative estimate of drug-likeness (QED) is 0.623. The van der Waals surface area contributed by atoms with E-state index in [1.807, 2.05) is 11.4 Å². The number of carbonyl (C=O) groups excluding carboxylic acids is 1. The van der Waals surface area contributed by atoms with E-state index in [2.05, 4.69) is 15.5 Å². The summed E-state index contributed by atoms with van der Waals surface area (Å²) in [4.78, 5) is 17.4. The molecule has 0 saturated heterocycles. The van der Waals surface area contributed by atoms with Gasteiger partial charge in [-0.15, -0.1) is 23.7 Å². The molecule has 1 aliphatic rings. The van der Waals surface area contributed by atoms with Gasteiger partial charge in [0.1, 0.15) is 0 Å². The summed E-state index contributed by atoms with van der Waals surface area (Å²) in [5, 5.41) is 9.17. The SMILES string of the molecule is Cl.NC1(c2noc(-c3ccc(Cl)c(NC(=O)c4cccs4)c3)n2)CCCC1. The van der Waals surface area contributed by atoms with Crippen molar-refractivity contribution < 1.29 is 9.32 Å². The van der Waals surface area contributed by atoms with Crippen LogP contribution in [-0.2, 0) is 5.54 Å². The van der Waals surface area contributed by atoms with Crippen molar-refractivity contribution in [3.8, 4) is 11.5 Å². The summed E-state index contributed by atoms with van der Waals surface area (Å²) in [7, 11) is 0. The third-order valence-corrected chi connectivity index (χ3v) is 5.77. The zero-order chi connectivity index (χ0) is 18.1. The van der Waals surface area contributed by atoms with Gasteiger partial charge in [-0.3, -0.25) is 4.79 Å². The van der Waals surface area contributed by atoms with E-state index in [0.717, 1.165) is 25.7 Å². The predicted molar refractivity (Wildman–Crippen MR) is 109 cm³/mol. The molecule has 0 aliphatic heterocycles. The summed E-state index contributed by atoms with van der Waals surface area (Å²) in [6.07, 6.45) is 3.85. The molecule has 2 heterocycles. The fourth-order valence-electron chi connectivity index (χ4n) is 3.12. The Labute approximate surface area is 171 Å². The fourth-order valence-corrected chi connectivity index (χ4v) is 3.90. The Morgan fingerprint density at radius 2 is 2.07 bits per heavy atom. The first-order valence-corrected chi connectivity index (χ1v) is 9.59. The second kappa shape index (κ2) is 7.98. The average Bonchev–Trinajstić information content (AvgIpc) is 3.38. The number of rotatable bonds is 4. The smallest absolute Gasteiger partial charge is 0.265 e. The molecular weight excluding hydrogens is 407 g/mol. The first-order valence-electron chi connectivity index (χ1n) is 8.33. The minimum absolute atomic E-state index is 0. The first kappa shape index (κ1) is 19.8. The van der Waals surface area contributed by atoms with Gasteiger partial charge in [-0.2, -0.15) is 4.98 Å². The molecule has 0 unspecified atom stereocenters. The van der Waals surface area contributed by atoms with Gasteiger partial charge in [-0.1, -0.05) is 35.7 Å². The number of aromatic nitrogens is 2. The number of carbonyl (C=O) groups is 1. The lowest BCUT2D eigenvalue weighted by atomic mass is 9.99. The van der Waals surface area contributed by atoms with Gasteiger partial charge >= 0.3 is 0 Å². The summed E-state index contributed by atoms with van der Waals surface area (Å²) in [5.74, 6) is 0.682. The van der Waals surface area contributed by atoms with Crippen LogP contribution in [-0.4, -0.2) is 16.0 Å². The molecule has 1 saturated carbocycles. The largest absolute Gasteiger partial charge is 0.334 e. The van der Waals surface area contributed by atoms with Crippen molar-refractivity contribution in [3.63, 3.8) is 0 Å². The molecule has 4 rings (SSSR count). The van der Waals surface area contributed by atoms with E-state index in [9.17, 15) is 4.79 Å². The maximum Gasteiger partial charge on any atom is 0.265 e. The van der Waals surface area contributed by atoms with Gasteiger partial charge in [0, 0.05) is 5.56 Å². The minimum Gasteiger partial charge on any atom is -0.334 e. The van der Waals surface area contributed by atoms with Crippen molar-refractivity contribution >= 4 is 46.9 Å². The lowest BCUT2D eigenvalue weighted by molar-refractivity contribution is 0.103. The van der Waals surface area contributed by atoms with Crippen LogP contribution < -0.4 is 11.1 Å². The lowest BCUT2D eigenvalue weighted by Crippen LogP contribution is -2.34. The van der Waals surface area contributed by atoms with Gasteiger partial charge in [-0.05, 0) is 42.5 Å². The van der Waals surface area contributed by atoms with Crippen molar-refractivity contribution in [3.05, 3.63) is 51.4 Å².